The maximum Gasteiger partial charge on any atom is 0.136 e. The summed E-state index contributed by atoms with van der Waals surface area (Å²) in [6, 6.07) is 5.72. The van der Waals surface area contributed by atoms with Crippen molar-refractivity contribution < 1.29 is 4.74 Å². The Bertz CT molecular complexity index is 645. The predicted molar refractivity (Wildman–Crippen MR) is 75.2 cm³/mol. The highest BCUT2D eigenvalue weighted by atomic mass is 35.5. The summed E-state index contributed by atoms with van der Waals surface area (Å²) >= 11 is 12.0. The zero-order chi connectivity index (χ0) is 14.0. The Morgan fingerprint density at radius 1 is 1.42 bits per heavy atom. The number of rotatable bonds is 4. The topological polar surface area (TPSA) is 50.8 Å². The van der Waals surface area contributed by atoms with Crippen LogP contribution in [0, 0.1) is 17.2 Å². The van der Waals surface area contributed by atoms with Gasteiger partial charge in [-0.25, -0.2) is 4.98 Å². The van der Waals surface area contributed by atoms with Gasteiger partial charge in [0.1, 0.15) is 12.4 Å². The van der Waals surface area contributed by atoms with E-state index in [1.165, 1.54) is 0 Å². The number of fused-ring (bicyclic) bond motifs is 1. The lowest BCUT2D eigenvalue weighted by molar-refractivity contribution is 0.174. The van der Waals surface area contributed by atoms with Gasteiger partial charge in [-0.15, -0.1) is 0 Å². The van der Waals surface area contributed by atoms with E-state index in [1.807, 2.05) is 11.5 Å². The molecule has 2 aromatic rings. The van der Waals surface area contributed by atoms with Crippen LogP contribution in [-0.4, -0.2) is 16.7 Å². The van der Waals surface area contributed by atoms with E-state index in [1.54, 1.807) is 19.2 Å². The molecule has 0 radical (unpaired) electrons. The van der Waals surface area contributed by atoms with Crippen LogP contribution in [0.5, 0.6) is 0 Å². The minimum atomic E-state index is -0.123. The average molecular weight is 298 g/mol. The normalized spacial score (nSPS) is 12.6. The molecule has 0 aliphatic heterocycles. The number of methoxy groups -OCH3 is 1. The summed E-state index contributed by atoms with van der Waals surface area (Å²) in [5.74, 6) is 0.639. The summed E-state index contributed by atoms with van der Waals surface area (Å²) < 4.78 is 7.09. The largest absolute Gasteiger partial charge is 0.377 e. The molecule has 1 aromatic heterocycles. The van der Waals surface area contributed by atoms with Gasteiger partial charge in [0, 0.05) is 13.7 Å². The van der Waals surface area contributed by atoms with Gasteiger partial charge in [-0.05, 0) is 19.1 Å². The molecule has 6 heteroatoms. The van der Waals surface area contributed by atoms with Gasteiger partial charge in [-0.2, -0.15) is 5.26 Å². The maximum absolute atomic E-state index is 8.96. The van der Waals surface area contributed by atoms with Gasteiger partial charge in [0.05, 0.1) is 33.1 Å². The Balaban J connectivity index is 2.59. The van der Waals surface area contributed by atoms with E-state index in [4.69, 9.17) is 33.2 Å². The first-order valence-electron chi connectivity index (χ1n) is 5.79. The summed E-state index contributed by atoms with van der Waals surface area (Å²) in [7, 11) is 1.61. The fourth-order valence-corrected chi connectivity index (χ4v) is 2.24. The Morgan fingerprint density at radius 3 is 2.74 bits per heavy atom. The van der Waals surface area contributed by atoms with Crippen LogP contribution in [0.4, 0.5) is 0 Å². The van der Waals surface area contributed by atoms with Gasteiger partial charge in [0.2, 0.25) is 0 Å². The molecule has 1 aromatic carbocycles. The number of nitrogens with zero attached hydrogens (tertiary/aromatic N) is 3. The molecule has 0 spiro atoms. The van der Waals surface area contributed by atoms with Crippen LogP contribution in [0.2, 0.25) is 10.0 Å². The third-order valence-corrected chi connectivity index (χ3v) is 3.54. The molecule has 0 amide bonds. The minimum absolute atomic E-state index is 0.123. The van der Waals surface area contributed by atoms with E-state index in [9.17, 15) is 0 Å². The summed E-state index contributed by atoms with van der Waals surface area (Å²) in [6.45, 7) is 2.78. The van der Waals surface area contributed by atoms with E-state index in [-0.39, 0.29) is 5.92 Å². The van der Waals surface area contributed by atoms with Crippen LogP contribution < -0.4 is 0 Å². The van der Waals surface area contributed by atoms with Crippen molar-refractivity contribution in [2.45, 2.75) is 20.1 Å². The molecule has 2 rings (SSSR count). The van der Waals surface area contributed by atoms with Crippen molar-refractivity contribution in [2.24, 2.45) is 5.92 Å². The van der Waals surface area contributed by atoms with E-state index < -0.39 is 0 Å². The monoisotopic (exact) mass is 297 g/mol. The molecule has 19 heavy (non-hydrogen) atoms. The first kappa shape index (κ1) is 14.1. The molecular formula is C13H13Cl2N3O. The Labute approximate surface area is 121 Å². The highest BCUT2D eigenvalue weighted by Gasteiger charge is 2.14. The van der Waals surface area contributed by atoms with Crippen LogP contribution >= 0.6 is 23.2 Å². The molecule has 0 N–H and O–H groups in total. The molecular weight excluding hydrogens is 285 g/mol. The number of nitriles is 1. The van der Waals surface area contributed by atoms with Gasteiger partial charge >= 0.3 is 0 Å². The van der Waals surface area contributed by atoms with E-state index in [0.717, 1.165) is 16.9 Å². The van der Waals surface area contributed by atoms with Crippen molar-refractivity contribution in [3.8, 4) is 6.07 Å². The van der Waals surface area contributed by atoms with Crippen LogP contribution in [-0.2, 0) is 17.9 Å². The van der Waals surface area contributed by atoms with E-state index in [0.29, 0.717) is 23.2 Å². The molecule has 1 heterocycles. The van der Waals surface area contributed by atoms with Crippen LogP contribution in [0.3, 0.4) is 0 Å². The molecule has 100 valence electrons. The standard InChI is InChI=1S/C13H13Cl2N3O/c1-8(5-16)6-18-12-4-10(15)9(14)3-11(12)17-13(18)7-19-2/h3-4,8H,6-7H2,1-2H3. The highest BCUT2D eigenvalue weighted by Crippen LogP contribution is 2.29. The molecule has 0 fully saturated rings. The molecule has 0 saturated heterocycles. The van der Waals surface area contributed by atoms with Gasteiger partial charge in [-0.1, -0.05) is 23.2 Å². The SMILES string of the molecule is COCc1nc2cc(Cl)c(Cl)cc2n1CC(C)C#N. The number of ether oxygens (including phenoxy) is 1. The van der Waals surface area contributed by atoms with Crippen molar-refractivity contribution in [1.29, 1.82) is 5.26 Å². The van der Waals surface area contributed by atoms with Crippen molar-refractivity contribution >= 4 is 34.2 Å². The summed E-state index contributed by atoms with van der Waals surface area (Å²) in [6.07, 6.45) is 0. The summed E-state index contributed by atoms with van der Waals surface area (Å²) in [5.41, 5.74) is 1.62. The van der Waals surface area contributed by atoms with E-state index in [2.05, 4.69) is 11.1 Å². The Kier molecular flexibility index (Phi) is 4.31. The Morgan fingerprint density at radius 2 is 2.11 bits per heavy atom. The third-order valence-electron chi connectivity index (χ3n) is 2.82. The number of halogens is 2. The van der Waals surface area contributed by atoms with Gasteiger partial charge in [0.25, 0.3) is 0 Å². The molecule has 0 saturated carbocycles. The maximum atomic E-state index is 8.96. The smallest absolute Gasteiger partial charge is 0.136 e. The number of aromatic nitrogens is 2. The van der Waals surface area contributed by atoms with Crippen LogP contribution in [0.25, 0.3) is 11.0 Å². The molecule has 1 unspecified atom stereocenters. The van der Waals surface area contributed by atoms with Crippen LogP contribution in [0.1, 0.15) is 12.7 Å². The quantitative estimate of drug-likeness (QED) is 0.865. The fourth-order valence-electron chi connectivity index (χ4n) is 1.93. The highest BCUT2D eigenvalue weighted by molar-refractivity contribution is 6.42. The summed E-state index contributed by atoms with van der Waals surface area (Å²) in [5, 5.41) is 9.91. The number of benzene rings is 1. The third kappa shape index (κ3) is 2.84. The predicted octanol–water partition coefficient (Wildman–Crippen LogP) is 3.65. The second kappa shape index (κ2) is 5.79. The Hall–Kier alpha value is -1.28. The first-order chi connectivity index (χ1) is 9.06. The second-order valence-corrected chi connectivity index (χ2v) is 5.17. The van der Waals surface area contributed by atoms with Crippen molar-refractivity contribution in [1.82, 2.24) is 9.55 Å². The molecule has 4 nitrogen and oxygen atoms in total. The first-order valence-corrected chi connectivity index (χ1v) is 6.55. The average Bonchev–Trinajstić information content (AvgIpc) is 2.68. The number of hydrogen-bond donors (Lipinski definition) is 0. The molecule has 0 aliphatic carbocycles. The fraction of sp³-hybridized carbons (Fsp3) is 0.385. The second-order valence-electron chi connectivity index (χ2n) is 4.36. The van der Waals surface area contributed by atoms with Gasteiger partial charge in [0.15, 0.2) is 0 Å². The van der Waals surface area contributed by atoms with Crippen LogP contribution in [0.15, 0.2) is 12.1 Å². The van der Waals surface area contributed by atoms with Crippen molar-refractivity contribution in [3.05, 3.63) is 28.0 Å². The number of hydrogen-bond acceptors (Lipinski definition) is 3. The van der Waals surface area contributed by atoms with Crippen molar-refractivity contribution in [2.75, 3.05) is 7.11 Å². The van der Waals surface area contributed by atoms with Gasteiger partial charge in [-0.3, -0.25) is 0 Å². The van der Waals surface area contributed by atoms with E-state index >= 15 is 0 Å². The zero-order valence-corrected chi connectivity index (χ0v) is 12.2. The molecule has 1 atom stereocenters. The zero-order valence-electron chi connectivity index (χ0n) is 10.7. The number of imidazole rings is 1. The molecule has 0 bridgehead atoms. The van der Waals surface area contributed by atoms with Gasteiger partial charge < -0.3 is 9.30 Å². The molecule has 0 aliphatic rings. The lowest BCUT2D eigenvalue weighted by Crippen LogP contribution is -2.10. The summed E-state index contributed by atoms with van der Waals surface area (Å²) in [4.78, 5) is 4.48. The lowest BCUT2D eigenvalue weighted by Gasteiger charge is -2.10. The lowest BCUT2D eigenvalue weighted by atomic mass is 10.2. The minimum Gasteiger partial charge on any atom is -0.377 e. The van der Waals surface area contributed by atoms with Crippen molar-refractivity contribution in [3.63, 3.8) is 0 Å².